The second-order valence-electron chi connectivity index (χ2n) is 18.5. The van der Waals surface area contributed by atoms with Gasteiger partial charge < -0.3 is 14.4 Å². The van der Waals surface area contributed by atoms with Crippen molar-refractivity contribution in [3.05, 3.63) is 0 Å². The zero-order valence-electron chi connectivity index (χ0n) is 36.9. The molecule has 2 atom stereocenters. The quantitative estimate of drug-likeness (QED) is 0.0470. The Morgan fingerprint density at radius 1 is 0.423 bits per heavy atom. The lowest BCUT2D eigenvalue weighted by Crippen LogP contribution is -2.13. The van der Waals surface area contributed by atoms with Crippen molar-refractivity contribution >= 4 is 11.9 Å². The van der Waals surface area contributed by atoms with Crippen LogP contribution in [0, 0.1) is 41.4 Å². The first kappa shape index (κ1) is 50.9. The fourth-order valence-corrected chi connectivity index (χ4v) is 7.68. The van der Waals surface area contributed by atoms with Crippen molar-refractivity contribution in [2.75, 3.05) is 33.9 Å². The lowest BCUT2D eigenvalue weighted by atomic mass is 9.85. The van der Waals surface area contributed by atoms with Gasteiger partial charge in [0.25, 0.3) is 0 Å². The van der Waals surface area contributed by atoms with Gasteiger partial charge >= 0.3 is 11.9 Å². The van der Waals surface area contributed by atoms with Gasteiger partial charge in [-0.2, -0.15) is 0 Å². The lowest BCUT2D eigenvalue weighted by Gasteiger charge is -2.21. The number of nitrogens with zero attached hydrogens (tertiary/aromatic N) is 1. The van der Waals surface area contributed by atoms with E-state index in [1.807, 2.05) is 0 Å². The normalized spacial score (nSPS) is 13.8. The number of hydrogen-bond acceptors (Lipinski definition) is 5. The molecule has 5 nitrogen and oxygen atoms in total. The molecule has 0 aromatic rings. The highest BCUT2D eigenvalue weighted by atomic mass is 16.5. The molecule has 0 aromatic heterocycles. The monoisotopic (exact) mass is 736 g/mol. The third-order valence-corrected chi connectivity index (χ3v) is 11.5. The third kappa shape index (κ3) is 33.5. The lowest BCUT2D eigenvalue weighted by molar-refractivity contribution is -0.144. The predicted octanol–water partition coefficient (Wildman–Crippen LogP) is 13.9. The van der Waals surface area contributed by atoms with E-state index in [-0.39, 0.29) is 11.9 Å². The summed E-state index contributed by atoms with van der Waals surface area (Å²) in [5, 5.41) is 0. The standard InChI is InChI=1S/C47H93NO4/c1-39(2)32-34-44(41(5)6)28-23-37-51-46(49)30-19-15-11-13-17-25-43(27-21-22-36-48(9)10)26-18-14-12-16-20-31-47(50)52-38-24-29-45(42(7)8)35-33-40(3)4/h39-45H,11-38H2,1-10H3. The predicted molar refractivity (Wildman–Crippen MR) is 226 cm³/mol. The molecule has 0 amide bonds. The molecule has 0 rings (SSSR count). The van der Waals surface area contributed by atoms with E-state index in [0.717, 1.165) is 68.1 Å². The van der Waals surface area contributed by atoms with Crippen LogP contribution in [0.4, 0.5) is 0 Å². The minimum Gasteiger partial charge on any atom is -0.466 e. The van der Waals surface area contributed by atoms with Crippen molar-refractivity contribution in [3.63, 3.8) is 0 Å². The van der Waals surface area contributed by atoms with Gasteiger partial charge in [0.15, 0.2) is 0 Å². The van der Waals surface area contributed by atoms with Crippen LogP contribution in [0.5, 0.6) is 0 Å². The number of unbranched alkanes of at least 4 members (excludes halogenated alkanes) is 9. The fraction of sp³-hybridized carbons (Fsp3) is 0.957. The second-order valence-corrected chi connectivity index (χ2v) is 18.5. The molecular formula is C47H93NO4. The first-order valence-electron chi connectivity index (χ1n) is 22.8. The van der Waals surface area contributed by atoms with Gasteiger partial charge in [0.05, 0.1) is 13.2 Å². The van der Waals surface area contributed by atoms with E-state index in [1.54, 1.807) is 0 Å². The van der Waals surface area contributed by atoms with E-state index in [4.69, 9.17) is 9.47 Å². The highest BCUT2D eigenvalue weighted by Crippen LogP contribution is 2.27. The smallest absolute Gasteiger partial charge is 0.305 e. The molecule has 0 bridgehead atoms. The summed E-state index contributed by atoms with van der Waals surface area (Å²) in [7, 11) is 4.35. The number of carbonyl (C=O) groups is 2. The van der Waals surface area contributed by atoms with E-state index in [1.165, 1.54) is 116 Å². The van der Waals surface area contributed by atoms with Crippen molar-refractivity contribution in [2.24, 2.45) is 41.4 Å². The van der Waals surface area contributed by atoms with Crippen molar-refractivity contribution < 1.29 is 19.1 Å². The van der Waals surface area contributed by atoms with Crippen molar-refractivity contribution in [2.45, 2.75) is 216 Å². The molecule has 52 heavy (non-hydrogen) atoms. The van der Waals surface area contributed by atoms with Gasteiger partial charge in [-0.25, -0.2) is 0 Å². The number of carbonyl (C=O) groups excluding carboxylic acids is 2. The summed E-state index contributed by atoms with van der Waals surface area (Å²) < 4.78 is 11.2. The van der Waals surface area contributed by atoms with Crippen LogP contribution >= 0.6 is 0 Å². The summed E-state index contributed by atoms with van der Waals surface area (Å²) in [5.41, 5.74) is 0. The van der Waals surface area contributed by atoms with Crippen LogP contribution in [0.1, 0.15) is 216 Å². The van der Waals surface area contributed by atoms with Crippen molar-refractivity contribution in [3.8, 4) is 0 Å². The molecule has 0 radical (unpaired) electrons. The summed E-state index contributed by atoms with van der Waals surface area (Å²) >= 11 is 0. The maximum Gasteiger partial charge on any atom is 0.305 e. The number of esters is 2. The Kier molecular flexibility index (Phi) is 33.7. The van der Waals surface area contributed by atoms with Crippen LogP contribution in [0.2, 0.25) is 0 Å². The van der Waals surface area contributed by atoms with Crippen LogP contribution in [-0.4, -0.2) is 50.7 Å². The zero-order chi connectivity index (χ0) is 39.0. The molecule has 2 unspecified atom stereocenters. The summed E-state index contributed by atoms with van der Waals surface area (Å²) in [4.78, 5) is 26.8. The summed E-state index contributed by atoms with van der Waals surface area (Å²) in [6.45, 7) is 20.9. The molecule has 0 aliphatic heterocycles. The van der Waals surface area contributed by atoms with Gasteiger partial charge in [0, 0.05) is 12.8 Å². The van der Waals surface area contributed by atoms with E-state index < -0.39 is 0 Å². The maximum absolute atomic E-state index is 12.3. The molecule has 0 spiro atoms. The van der Waals surface area contributed by atoms with Crippen LogP contribution in [0.25, 0.3) is 0 Å². The second kappa shape index (κ2) is 34.4. The van der Waals surface area contributed by atoms with Crippen LogP contribution in [0.3, 0.4) is 0 Å². The maximum atomic E-state index is 12.3. The minimum absolute atomic E-state index is 0.000876. The zero-order valence-corrected chi connectivity index (χ0v) is 36.9. The molecule has 0 heterocycles. The van der Waals surface area contributed by atoms with E-state index in [2.05, 4.69) is 74.4 Å². The summed E-state index contributed by atoms with van der Waals surface area (Å²) in [5.74, 6) is 5.26. The van der Waals surface area contributed by atoms with Gasteiger partial charge in [-0.3, -0.25) is 9.59 Å². The topological polar surface area (TPSA) is 55.8 Å². The molecule has 0 aliphatic carbocycles. The van der Waals surface area contributed by atoms with Gasteiger partial charge in [0.1, 0.15) is 0 Å². The third-order valence-electron chi connectivity index (χ3n) is 11.5. The molecule has 310 valence electrons. The van der Waals surface area contributed by atoms with Gasteiger partial charge in [-0.05, 0) is 120 Å². The molecule has 0 fully saturated rings. The Balaban J connectivity index is 4.10. The molecule has 0 N–H and O–H groups in total. The SMILES string of the molecule is CC(C)CCC(CCCOC(=O)CCCCCCCC(CCCCCCCC(=O)OCCCC(CCC(C)C)C(C)C)CCCCN(C)C)C(C)C. The Labute approximate surface area is 326 Å². The van der Waals surface area contributed by atoms with Crippen LogP contribution < -0.4 is 0 Å². The van der Waals surface area contributed by atoms with Crippen LogP contribution in [-0.2, 0) is 19.1 Å². The van der Waals surface area contributed by atoms with Gasteiger partial charge in [0.2, 0.25) is 0 Å². The van der Waals surface area contributed by atoms with Gasteiger partial charge in [-0.1, -0.05) is 145 Å². The Bertz CT molecular complexity index is 749. The first-order chi connectivity index (χ1) is 24.8. The molecule has 0 saturated carbocycles. The molecule has 0 saturated heterocycles. The number of ether oxygens (including phenoxy) is 2. The molecule has 5 heteroatoms. The average molecular weight is 736 g/mol. The Morgan fingerprint density at radius 2 is 0.788 bits per heavy atom. The Morgan fingerprint density at radius 3 is 1.15 bits per heavy atom. The highest BCUT2D eigenvalue weighted by molar-refractivity contribution is 5.69. The number of rotatable bonds is 37. The first-order valence-corrected chi connectivity index (χ1v) is 22.8. The molecule has 0 aliphatic rings. The highest BCUT2D eigenvalue weighted by Gasteiger charge is 2.16. The summed E-state index contributed by atoms with van der Waals surface area (Å²) in [6.07, 6.45) is 29.2. The number of hydrogen-bond donors (Lipinski definition) is 0. The van der Waals surface area contributed by atoms with E-state index in [0.29, 0.717) is 37.9 Å². The summed E-state index contributed by atoms with van der Waals surface area (Å²) in [6, 6.07) is 0. The van der Waals surface area contributed by atoms with Crippen LogP contribution in [0.15, 0.2) is 0 Å². The van der Waals surface area contributed by atoms with E-state index in [9.17, 15) is 9.59 Å². The van der Waals surface area contributed by atoms with Gasteiger partial charge in [-0.15, -0.1) is 0 Å². The minimum atomic E-state index is -0.000876. The Hall–Kier alpha value is -1.10. The van der Waals surface area contributed by atoms with E-state index >= 15 is 0 Å². The van der Waals surface area contributed by atoms with Crippen molar-refractivity contribution in [1.82, 2.24) is 4.90 Å². The largest absolute Gasteiger partial charge is 0.466 e. The average Bonchev–Trinajstić information content (AvgIpc) is 3.07. The molecular weight excluding hydrogens is 643 g/mol. The van der Waals surface area contributed by atoms with Crippen molar-refractivity contribution in [1.29, 1.82) is 0 Å². The molecule has 0 aromatic carbocycles. The fourth-order valence-electron chi connectivity index (χ4n) is 7.68.